The number of carbonyl (C=O) groups excluding carboxylic acids is 1. The van der Waals surface area contributed by atoms with Crippen LogP contribution >= 0.6 is 24.2 Å². The van der Waals surface area contributed by atoms with Crippen molar-refractivity contribution in [3.05, 3.63) is 28.8 Å². The van der Waals surface area contributed by atoms with E-state index in [1.807, 2.05) is 6.07 Å². The van der Waals surface area contributed by atoms with E-state index in [1.165, 1.54) is 0 Å². The first kappa shape index (κ1) is 13.3. The van der Waals surface area contributed by atoms with Crippen molar-refractivity contribution >= 4 is 35.8 Å². The van der Waals surface area contributed by atoms with E-state index in [0.717, 1.165) is 18.6 Å². The lowest BCUT2D eigenvalue weighted by molar-refractivity contribution is -0.117. The number of nitrogens with zero attached hydrogens (tertiary/aromatic N) is 1. The Kier molecular flexibility index (Phi) is 3.84. The quantitative estimate of drug-likeness (QED) is 0.832. The number of rotatable bonds is 4. The zero-order chi connectivity index (χ0) is 13.2. The topological polar surface area (TPSA) is 52.9 Å². The molecule has 0 aromatic heterocycles. The van der Waals surface area contributed by atoms with Crippen LogP contribution in [0.5, 0.6) is 0 Å². The van der Waals surface area contributed by atoms with Gasteiger partial charge in [-0.2, -0.15) is 17.9 Å². The van der Waals surface area contributed by atoms with Crippen LogP contribution in [0.3, 0.4) is 0 Å². The Labute approximate surface area is 117 Å². The number of hydrogen-bond donors (Lipinski definition) is 2. The van der Waals surface area contributed by atoms with E-state index >= 15 is 0 Å². The number of benzene rings is 1. The molecule has 0 spiro atoms. The van der Waals surface area contributed by atoms with Gasteiger partial charge in [0.15, 0.2) is 0 Å². The van der Waals surface area contributed by atoms with Crippen LogP contribution in [0.15, 0.2) is 18.2 Å². The van der Waals surface area contributed by atoms with Crippen molar-refractivity contribution in [3.8, 4) is 6.07 Å². The minimum absolute atomic E-state index is 0.0680. The maximum Gasteiger partial charge on any atom is 0.224 e. The molecule has 1 amide bonds. The third-order valence-electron chi connectivity index (χ3n) is 3.20. The van der Waals surface area contributed by atoms with E-state index in [2.05, 4.69) is 17.9 Å². The summed E-state index contributed by atoms with van der Waals surface area (Å²) in [6.07, 6.45) is 2.54. The molecule has 0 radical (unpaired) electrons. The summed E-state index contributed by atoms with van der Waals surface area (Å²) in [5.41, 5.74) is 0.965. The second-order valence-electron chi connectivity index (χ2n) is 4.68. The maximum atomic E-state index is 11.9. The third-order valence-corrected chi connectivity index (χ3v) is 4.11. The summed E-state index contributed by atoms with van der Waals surface area (Å²) >= 11 is 10.1. The van der Waals surface area contributed by atoms with Gasteiger partial charge in [-0.05, 0) is 42.2 Å². The van der Waals surface area contributed by atoms with Gasteiger partial charge >= 0.3 is 0 Å². The molecule has 3 nitrogen and oxygen atoms in total. The van der Waals surface area contributed by atoms with Crippen molar-refractivity contribution < 1.29 is 4.79 Å². The normalized spacial score (nSPS) is 15.8. The molecule has 0 heterocycles. The summed E-state index contributed by atoms with van der Waals surface area (Å²) in [6, 6.07) is 6.86. The molecule has 1 aliphatic rings. The highest BCUT2D eigenvalue weighted by Gasteiger charge is 2.42. The number of nitriles is 1. The number of anilines is 1. The number of halogens is 1. The molecular formula is C13H13ClN2OS. The average Bonchev–Trinajstić information content (AvgIpc) is 3.09. The van der Waals surface area contributed by atoms with Gasteiger partial charge in [0, 0.05) is 11.4 Å². The van der Waals surface area contributed by atoms with Gasteiger partial charge in [0.05, 0.1) is 11.3 Å². The van der Waals surface area contributed by atoms with E-state index < -0.39 is 0 Å². The lowest BCUT2D eigenvalue weighted by atomic mass is 10.0. The van der Waals surface area contributed by atoms with Gasteiger partial charge in [0.1, 0.15) is 6.07 Å². The standard InChI is InChI=1S/C13H13ClN2OS/c14-10-2-1-9(7-15)11(5-10)16-12(17)6-13(8-18)3-4-13/h1-2,5,18H,3-4,6,8H2,(H,16,17). The Morgan fingerprint density at radius 2 is 2.28 bits per heavy atom. The number of carbonyl (C=O) groups is 1. The van der Waals surface area contributed by atoms with Gasteiger partial charge < -0.3 is 5.32 Å². The van der Waals surface area contributed by atoms with Crippen LogP contribution in [-0.4, -0.2) is 11.7 Å². The molecular weight excluding hydrogens is 268 g/mol. The molecule has 1 fully saturated rings. The predicted molar refractivity (Wildman–Crippen MR) is 74.9 cm³/mol. The van der Waals surface area contributed by atoms with Crippen molar-refractivity contribution in [1.29, 1.82) is 5.26 Å². The SMILES string of the molecule is N#Cc1ccc(Cl)cc1NC(=O)CC1(CS)CC1. The van der Waals surface area contributed by atoms with Crippen LogP contribution in [0.2, 0.25) is 5.02 Å². The van der Waals surface area contributed by atoms with E-state index in [0.29, 0.717) is 22.7 Å². The molecule has 1 aromatic carbocycles. The molecule has 1 aromatic rings. The van der Waals surface area contributed by atoms with Gasteiger partial charge in [-0.25, -0.2) is 0 Å². The highest BCUT2D eigenvalue weighted by molar-refractivity contribution is 7.80. The van der Waals surface area contributed by atoms with Gasteiger partial charge in [-0.1, -0.05) is 11.6 Å². The Hall–Kier alpha value is -1.18. The maximum absolute atomic E-state index is 11.9. The molecule has 0 unspecified atom stereocenters. The molecule has 2 rings (SSSR count). The first-order valence-electron chi connectivity index (χ1n) is 5.69. The Morgan fingerprint density at radius 1 is 1.56 bits per heavy atom. The van der Waals surface area contributed by atoms with Crippen molar-refractivity contribution in [3.63, 3.8) is 0 Å². The zero-order valence-electron chi connectivity index (χ0n) is 9.74. The zero-order valence-corrected chi connectivity index (χ0v) is 11.4. The fourth-order valence-corrected chi connectivity index (χ4v) is 2.42. The van der Waals surface area contributed by atoms with E-state index in [4.69, 9.17) is 16.9 Å². The first-order valence-corrected chi connectivity index (χ1v) is 6.70. The van der Waals surface area contributed by atoms with Crippen molar-refractivity contribution in [2.45, 2.75) is 19.3 Å². The highest BCUT2D eigenvalue weighted by atomic mass is 35.5. The fourth-order valence-electron chi connectivity index (χ4n) is 1.82. The highest BCUT2D eigenvalue weighted by Crippen LogP contribution is 2.49. The molecule has 0 bridgehead atoms. The first-order chi connectivity index (χ1) is 8.58. The molecule has 0 atom stereocenters. The monoisotopic (exact) mass is 280 g/mol. The van der Waals surface area contributed by atoms with Gasteiger partial charge in [0.2, 0.25) is 5.91 Å². The molecule has 1 aliphatic carbocycles. The predicted octanol–water partition coefficient (Wildman–Crippen LogP) is 3.25. The van der Waals surface area contributed by atoms with Crippen LogP contribution in [-0.2, 0) is 4.79 Å². The second-order valence-corrected chi connectivity index (χ2v) is 5.44. The lowest BCUT2D eigenvalue weighted by Crippen LogP contribution is -2.18. The lowest BCUT2D eigenvalue weighted by Gasteiger charge is -2.12. The molecule has 1 saturated carbocycles. The minimum Gasteiger partial charge on any atom is -0.325 e. The molecule has 0 saturated heterocycles. The van der Waals surface area contributed by atoms with E-state index in [-0.39, 0.29) is 11.3 Å². The number of hydrogen-bond acceptors (Lipinski definition) is 3. The Morgan fingerprint density at radius 3 is 2.83 bits per heavy atom. The molecule has 0 aliphatic heterocycles. The number of nitrogens with one attached hydrogen (secondary N) is 1. The molecule has 5 heteroatoms. The summed E-state index contributed by atoms with van der Waals surface area (Å²) in [7, 11) is 0. The van der Waals surface area contributed by atoms with Crippen LogP contribution in [0.1, 0.15) is 24.8 Å². The number of amides is 1. The number of thiol groups is 1. The van der Waals surface area contributed by atoms with E-state index in [1.54, 1.807) is 18.2 Å². The van der Waals surface area contributed by atoms with Crippen LogP contribution in [0.4, 0.5) is 5.69 Å². The summed E-state index contributed by atoms with van der Waals surface area (Å²) in [6.45, 7) is 0. The summed E-state index contributed by atoms with van der Waals surface area (Å²) in [5, 5.41) is 12.2. The molecule has 18 heavy (non-hydrogen) atoms. The van der Waals surface area contributed by atoms with Crippen LogP contribution in [0, 0.1) is 16.7 Å². The second kappa shape index (κ2) is 5.21. The fraction of sp³-hybridized carbons (Fsp3) is 0.385. The van der Waals surface area contributed by atoms with E-state index in [9.17, 15) is 4.79 Å². The van der Waals surface area contributed by atoms with Gasteiger partial charge in [0.25, 0.3) is 0 Å². The smallest absolute Gasteiger partial charge is 0.224 e. The van der Waals surface area contributed by atoms with Crippen molar-refractivity contribution in [2.24, 2.45) is 5.41 Å². The van der Waals surface area contributed by atoms with Gasteiger partial charge in [-0.15, -0.1) is 0 Å². The van der Waals surface area contributed by atoms with Crippen molar-refractivity contribution in [2.75, 3.05) is 11.1 Å². The molecule has 94 valence electrons. The summed E-state index contributed by atoms with van der Waals surface area (Å²) in [4.78, 5) is 11.9. The Bertz CT molecular complexity index is 520. The summed E-state index contributed by atoms with van der Waals surface area (Å²) in [5.74, 6) is 0.640. The van der Waals surface area contributed by atoms with Crippen LogP contribution in [0.25, 0.3) is 0 Å². The van der Waals surface area contributed by atoms with Gasteiger partial charge in [-0.3, -0.25) is 4.79 Å². The Balaban J connectivity index is 2.07. The van der Waals surface area contributed by atoms with Crippen molar-refractivity contribution in [1.82, 2.24) is 0 Å². The third kappa shape index (κ3) is 2.98. The minimum atomic E-state index is -0.0830. The summed E-state index contributed by atoms with van der Waals surface area (Å²) < 4.78 is 0. The largest absolute Gasteiger partial charge is 0.325 e. The molecule has 1 N–H and O–H groups in total. The average molecular weight is 281 g/mol. The van der Waals surface area contributed by atoms with Crippen LogP contribution < -0.4 is 5.32 Å².